The zero-order chi connectivity index (χ0) is 37.6. The summed E-state index contributed by atoms with van der Waals surface area (Å²) in [6.07, 6.45) is 0. The summed E-state index contributed by atoms with van der Waals surface area (Å²) in [5.74, 6) is 0. The van der Waals surface area contributed by atoms with Crippen molar-refractivity contribution >= 4 is 103 Å². The van der Waals surface area contributed by atoms with Gasteiger partial charge in [0.2, 0.25) is 0 Å². The van der Waals surface area contributed by atoms with E-state index in [2.05, 4.69) is 122 Å². The third-order valence-electron chi connectivity index (χ3n) is 11.6. The van der Waals surface area contributed by atoms with Crippen molar-refractivity contribution < 1.29 is 4.42 Å². The van der Waals surface area contributed by atoms with Crippen molar-refractivity contribution in [3.8, 4) is 33.4 Å². The fraction of sp³-hybridized carbons (Fsp3) is 0.0612. The van der Waals surface area contributed by atoms with E-state index in [9.17, 15) is 0 Å². The molecule has 10 rings (SSSR count). The third-order valence-corrected chi connectivity index (χ3v) is 11.6. The monoisotopic (exact) mass is 693 g/mol. The smallest absolute Gasteiger partial charge is 0.143 e. The summed E-state index contributed by atoms with van der Waals surface area (Å²) in [7, 11) is 28.3. The standard InChI is InChI=1S/C49H31B4NO/c1-49(2)37-20-10-8-17-32(37)33-26-24-30(27-38(33)49)54(47-45(52)43(50)41(44(51)46(47)53)29-14-4-3-5-15-29)39-21-11-9-18-34(39)35-19-12-22-40-42(35)36-25-23-28-13-6-7-16-31(28)48(36)55-40/h3-27H,1-2H3. The Labute approximate surface area is 326 Å². The second-order valence-electron chi connectivity index (χ2n) is 14.9. The first-order valence-corrected chi connectivity index (χ1v) is 18.5. The summed E-state index contributed by atoms with van der Waals surface area (Å²) < 4.78 is 6.64. The van der Waals surface area contributed by atoms with Gasteiger partial charge in [-0.1, -0.05) is 157 Å². The number of para-hydroxylation sites is 1. The number of rotatable bonds is 5. The quantitative estimate of drug-likeness (QED) is 0.168. The van der Waals surface area contributed by atoms with Crippen LogP contribution in [0.4, 0.5) is 17.1 Å². The molecule has 0 bridgehead atoms. The van der Waals surface area contributed by atoms with E-state index in [0.29, 0.717) is 33.1 Å². The van der Waals surface area contributed by atoms with E-state index in [4.69, 9.17) is 35.8 Å². The van der Waals surface area contributed by atoms with Gasteiger partial charge in [0.15, 0.2) is 0 Å². The van der Waals surface area contributed by atoms with Crippen LogP contribution in [0.1, 0.15) is 25.0 Å². The van der Waals surface area contributed by atoms with Gasteiger partial charge in [0.05, 0.1) is 5.69 Å². The maximum Gasteiger partial charge on any atom is 0.143 e. The molecule has 55 heavy (non-hydrogen) atoms. The zero-order valence-electron chi connectivity index (χ0n) is 30.6. The normalized spacial score (nSPS) is 13.0. The van der Waals surface area contributed by atoms with Gasteiger partial charge in [-0.15, -0.1) is 0 Å². The van der Waals surface area contributed by atoms with Crippen LogP contribution in [-0.4, -0.2) is 31.4 Å². The van der Waals surface area contributed by atoms with Crippen LogP contribution in [0.3, 0.4) is 0 Å². The third kappa shape index (κ3) is 4.94. The minimum atomic E-state index is -0.247. The molecule has 1 aliphatic rings. The van der Waals surface area contributed by atoms with Crippen LogP contribution >= 0.6 is 0 Å². The van der Waals surface area contributed by atoms with E-state index in [1.165, 1.54) is 22.3 Å². The van der Waals surface area contributed by atoms with Crippen LogP contribution in [-0.2, 0) is 5.41 Å². The molecule has 0 fully saturated rings. The Hall–Kier alpha value is -6.12. The van der Waals surface area contributed by atoms with Gasteiger partial charge < -0.3 is 9.32 Å². The average molecular weight is 693 g/mol. The first kappa shape index (κ1) is 33.4. The minimum absolute atomic E-state index is 0.247. The Morgan fingerprint density at radius 2 is 1.16 bits per heavy atom. The lowest BCUT2D eigenvalue weighted by atomic mass is 9.64. The number of anilines is 3. The van der Waals surface area contributed by atoms with Crippen molar-refractivity contribution in [2.45, 2.75) is 19.3 Å². The highest BCUT2D eigenvalue weighted by Gasteiger charge is 2.36. The van der Waals surface area contributed by atoms with Crippen molar-refractivity contribution in [2.24, 2.45) is 0 Å². The molecule has 1 heterocycles. The molecule has 0 aliphatic heterocycles. The van der Waals surface area contributed by atoms with Gasteiger partial charge >= 0.3 is 0 Å². The summed E-state index contributed by atoms with van der Waals surface area (Å²) in [6.45, 7) is 4.56. The number of furan rings is 1. The molecule has 1 aliphatic carbocycles. The molecule has 0 unspecified atom stereocenters. The number of benzene rings is 8. The van der Waals surface area contributed by atoms with Crippen molar-refractivity contribution in [1.29, 1.82) is 0 Å². The van der Waals surface area contributed by atoms with Gasteiger partial charge in [-0.05, 0) is 74.7 Å². The fourth-order valence-corrected chi connectivity index (χ4v) is 8.87. The summed E-state index contributed by atoms with van der Waals surface area (Å²) in [5, 5.41) is 4.27. The van der Waals surface area contributed by atoms with Crippen LogP contribution in [0.25, 0.3) is 66.1 Å². The largest absolute Gasteiger partial charge is 0.455 e. The lowest BCUT2D eigenvalue weighted by molar-refractivity contribution is 0.660. The topological polar surface area (TPSA) is 16.4 Å². The Kier molecular flexibility index (Phi) is 7.58. The van der Waals surface area contributed by atoms with E-state index >= 15 is 0 Å². The van der Waals surface area contributed by atoms with Crippen molar-refractivity contribution in [3.63, 3.8) is 0 Å². The number of hydrogen-bond donors (Lipinski definition) is 0. The number of hydrogen-bond acceptors (Lipinski definition) is 2. The van der Waals surface area contributed by atoms with E-state index in [-0.39, 0.29) is 5.41 Å². The highest BCUT2D eigenvalue weighted by Crippen LogP contribution is 2.51. The molecule has 250 valence electrons. The molecular formula is C49H31B4NO. The average Bonchev–Trinajstić information content (AvgIpc) is 3.72. The second kappa shape index (κ2) is 12.5. The van der Waals surface area contributed by atoms with Crippen LogP contribution in [0, 0.1) is 0 Å². The van der Waals surface area contributed by atoms with Crippen molar-refractivity contribution in [1.82, 2.24) is 0 Å². The fourth-order valence-electron chi connectivity index (χ4n) is 8.87. The van der Waals surface area contributed by atoms with Gasteiger partial charge in [-0.25, -0.2) is 0 Å². The molecule has 0 N–H and O–H groups in total. The molecule has 0 atom stereocenters. The molecular weight excluding hydrogens is 662 g/mol. The number of nitrogens with zero attached hydrogens (tertiary/aromatic N) is 1. The molecule has 8 radical (unpaired) electrons. The summed E-state index contributed by atoms with van der Waals surface area (Å²) >= 11 is 0. The predicted molar refractivity (Wildman–Crippen MR) is 236 cm³/mol. The lowest BCUT2D eigenvalue weighted by Gasteiger charge is -2.35. The van der Waals surface area contributed by atoms with Gasteiger partial charge in [-0.3, -0.25) is 0 Å². The molecule has 0 saturated heterocycles. The highest BCUT2D eigenvalue weighted by atomic mass is 16.3. The molecule has 8 aromatic carbocycles. The molecule has 6 heteroatoms. The van der Waals surface area contributed by atoms with Gasteiger partial charge in [0, 0.05) is 38.5 Å². The van der Waals surface area contributed by atoms with Gasteiger partial charge in [-0.2, -0.15) is 0 Å². The van der Waals surface area contributed by atoms with E-state index in [1.54, 1.807) is 0 Å². The van der Waals surface area contributed by atoms with Crippen LogP contribution in [0.2, 0.25) is 0 Å². The van der Waals surface area contributed by atoms with Crippen LogP contribution < -0.4 is 26.8 Å². The first-order valence-electron chi connectivity index (χ1n) is 18.5. The minimum Gasteiger partial charge on any atom is -0.455 e. The Bertz CT molecular complexity index is 2990. The molecule has 0 amide bonds. The maximum absolute atomic E-state index is 7.17. The van der Waals surface area contributed by atoms with Crippen LogP contribution in [0.5, 0.6) is 0 Å². The lowest BCUT2D eigenvalue weighted by Crippen LogP contribution is -2.46. The van der Waals surface area contributed by atoms with Gasteiger partial charge in [0.1, 0.15) is 42.6 Å². The summed E-state index contributed by atoms with van der Waals surface area (Å²) in [5.41, 5.74) is 13.6. The molecule has 2 nitrogen and oxygen atoms in total. The SMILES string of the molecule is [B]c1c([B])c(N(c2ccc3c(c2)C(C)(C)c2ccccc2-3)c2ccccc2-c2cccc3oc4c5ccccc5ccc4c23)c([B])c([B])c1-c1ccccc1. The number of fused-ring (bicyclic) bond motifs is 8. The summed E-state index contributed by atoms with van der Waals surface area (Å²) in [6, 6.07) is 52.3. The zero-order valence-corrected chi connectivity index (χ0v) is 30.6. The molecule has 9 aromatic rings. The second-order valence-corrected chi connectivity index (χ2v) is 14.9. The Balaban J connectivity index is 1.27. The van der Waals surface area contributed by atoms with Crippen LogP contribution in [0.15, 0.2) is 156 Å². The van der Waals surface area contributed by atoms with E-state index < -0.39 is 0 Å². The van der Waals surface area contributed by atoms with Crippen molar-refractivity contribution in [3.05, 3.63) is 163 Å². The molecule has 1 aromatic heterocycles. The molecule has 0 saturated carbocycles. The Morgan fingerprint density at radius 3 is 1.96 bits per heavy atom. The summed E-state index contributed by atoms with van der Waals surface area (Å²) in [4.78, 5) is 2.14. The Morgan fingerprint density at radius 1 is 0.509 bits per heavy atom. The predicted octanol–water partition coefficient (Wildman–Crippen LogP) is 9.02. The maximum atomic E-state index is 7.17. The first-order chi connectivity index (χ1) is 26.7. The van der Waals surface area contributed by atoms with E-state index in [1.807, 2.05) is 48.5 Å². The highest BCUT2D eigenvalue weighted by molar-refractivity contribution is 6.63. The van der Waals surface area contributed by atoms with Crippen molar-refractivity contribution in [2.75, 3.05) is 4.90 Å². The van der Waals surface area contributed by atoms with E-state index in [0.717, 1.165) is 60.8 Å². The van der Waals surface area contributed by atoms with Gasteiger partial charge in [0.25, 0.3) is 0 Å². The molecule has 0 spiro atoms.